The second-order valence-corrected chi connectivity index (χ2v) is 19.7. The van der Waals surface area contributed by atoms with Crippen molar-refractivity contribution in [3.63, 3.8) is 0 Å². The molecule has 1 amide bonds. The number of Topliss-reactive ketones (excluding diaryl/α,β-unsaturated/α-hetero) is 1. The lowest BCUT2D eigenvalue weighted by atomic mass is 9.72. The van der Waals surface area contributed by atoms with Gasteiger partial charge in [0.05, 0.1) is 53.7 Å². The van der Waals surface area contributed by atoms with E-state index in [2.05, 4.69) is 26.1 Å². The lowest BCUT2D eigenvalue weighted by Gasteiger charge is -2.55. The van der Waals surface area contributed by atoms with Gasteiger partial charge >= 0.3 is 5.97 Å². The number of aliphatic carboxylic acids is 1. The SMILES string of the molecule is CCC(C(=O)[C@@H](C)[C@@H](O)[C@H](C)[C@@H]1O[C@@H](C(CC)C(=O)O)CC[C@@H]1C)[C@H]1O[C@]2(C=C[C@@H](NC(=O)CCCCl)[C@]3(CC[C@@](C)([C@H]4CC[C@](O)(CC)[C@H](C)O4)O3)O2)[C@H](C)C[C@@H]1C. The molecule has 0 radical (unpaired) electrons. The van der Waals surface area contributed by atoms with Crippen molar-refractivity contribution in [2.75, 3.05) is 5.88 Å². The molecule has 2 unspecified atom stereocenters. The van der Waals surface area contributed by atoms with Crippen LogP contribution in [0.15, 0.2) is 12.2 Å². The third-order valence-electron chi connectivity index (χ3n) is 15.3. The minimum absolute atomic E-state index is 0.0131. The fraction of sp³-hybridized carbons (Fsp3) is 0.891. The van der Waals surface area contributed by atoms with Crippen LogP contribution < -0.4 is 5.32 Å². The molecule has 0 saturated carbocycles. The van der Waals surface area contributed by atoms with E-state index in [0.29, 0.717) is 70.1 Å². The van der Waals surface area contributed by atoms with Crippen molar-refractivity contribution in [2.24, 2.45) is 41.4 Å². The van der Waals surface area contributed by atoms with Gasteiger partial charge in [-0.3, -0.25) is 14.4 Å². The standard InChI is InChI=1S/C46H76ClNO11/c1-11-32(42(52)53)34-17-16-26(4)40(56-34)30(8)38(50)29(7)39(51)33(12-2)41-27(5)25-28(6)45(57-41)21-18-35(48-37(49)15-14-24-47)46(59-45)23-22-43(10,58-46)36-19-20-44(54,13-3)31(9)55-36/h18,21,26-36,38,40-41,50,54H,11-17,19-20,22-25H2,1-10H3,(H,48,49)(H,52,53)/t26-,27-,28+,29-,30-,31-,32?,33?,34+,35+,36+,38+,40+,41-,43-,44+,45-,46-/m0/s1. The van der Waals surface area contributed by atoms with E-state index < -0.39 is 76.8 Å². The van der Waals surface area contributed by atoms with Crippen molar-refractivity contribution in [3.05, 3.63) is 12.2 Å². The number of carboxylic acid groups (broad SMARTS) is 1. The van der Waals surface area contributed by atoms with Crippen molar-refractivity contribution in [2.45, 2.75) is 212 Å². The molecule has 5 rings (SSSR count). The zero-order chi connectivity index (χ0) is 43.7. The zero-order valence-electron chi connectivity index (χ0n) is 37.4. The molecule has 0 aliphatic carbocycles. The maximum Gasteiger partial charge on any atom is 0.309 e. The Kier molecular flexibility index (Phi) is 15.9. The number of rotatable bonds is 16. The van der Waals surface area contributed by atoms with Crippen LogP contribution in [0.25, 0.3) is 0 Å². The Morgan fingerprint density at radius 2 is 1.61 bits per heavy atom. The molecule has 0 aromatic carbocycles. The highest BCUT2D eigenvalue weighted by atomic mass is 35.5. The van der Waals surface area contributed by atoms with E-state index in [9.17, 15) is 29.7 Å². The first kappa shape index (κ1) is 48.4. The molecule has 2 spiro atoms. The van der Waals surface area contributed by atoms with Gasteiger partial charge in [0.1, 0.15) is 11.8 Å². The number of hydrogen-bond acceptors (Lipinski definition) is 10. The lowest BCUT2D eigenvalue weighted by Crippen LogP contribution is -2.65. The van der Waals surface area contributed by atoms with Gasteiger partial charge in [-0.25, -0.2) is 0 Å². The third-order valence-corrected chi connectivity index (χ3v) is 15.6. The maximum atomic E-state index is 14.6. The molecule has 0 aromatic rings. The number of carbonyl (C=O) groups excluding carboxylic acids is 2. The summed E-state index contributed by atoms with van der Waals surface area (Å²) in [4.78, 5) is 39.9. The van der Waals surface area contributed by atoms with Crippen LogP contribution in [-0.4, -0.2) is 104 Å². The van der Waals surface area contributed by atoms with Crippen molar-refractivity contribution in [1.82, 2.24) is 5.32 Å². The minimum atomic E-state index is -1.30. The minimum Gasteiger partial charge on any atom is -0.481 e. The van der Waals surface area contributed by atoms with Crippen LogP contribution in [-0.2, 0) is 38.1 Å². The summed E-state index contributed by atoms with van der Waals surface area (Å²) in [7, 11) is 0. The lowest BCUT2D eigenvalue weighted by molar-refractivity contribution is -0.398. The van der Waals surface area contributed by atoms with Gasteiger partial charge in [-0.1, -0.05) is 61.5 Å². The molecule has 5 heterocycles. The number of carboxylic acids is 1. The Hall–Kier alpha value is -1.64. The van der Waals surface area contributed by atoms with E-state index in [4.69, 9.17) is 35.3 Å². The molecule has 13 heteroatoms. The number of amides is 1. The molecule has 12 nitrogen and oxygen atoms in total. The number of hydrogen-bond donors (Lipinski definition) is 4. The summed E-state index contributed by atoms with van der Waals surface area (Å²) >= 11 is 5.94. The molecule has 0 aromatic heterocycles. The number of ketones is 1. The number of halogens is 1. The Bertz CT molecular complexity index is 1500. The van der Waals surface area contributed by atoms with Crippen molar-refractivity contribution in [1.29, 1.82) is 0 Å². The average Bonchev–Trinajstić information content (AvgIpc) is 3.54. The molecule has 4 saturated heterocycles. The van der Waals surface area contributed by atoms with E-state index in [-0.39, 0.29) is 54.2 Å². The topological polar surface area (TPSA) is 170 Å². The van der Waals surface area contributed by atoms with Gasteiger partial charge in [0.25, 0.3) is 0 Å². The highest BCUT2D eigenvalue weighted by Crippen LogP contribution is 2.54. The van der Waals surface area contributed by atoms with E-state index >= 15 is 0 Å². The first-order valence-electron chi connectivity index (χ1n) is 22.8. The summed E-state index contributed by atoms with van der Waals surface area (Å²) in [6.07, 6.45) is 7.43. The molecular formula is C46H76ClNO11. The first-order chi connectivity index (χ1) is 27.7. The summed E-state index contributed by atoms with van der Waals surface area (Å²) in [5.41, 5.74) is -1.69. The number of nitrogens with one attached hydrogen (secondary N) is 1. The number of aliphatic hydroxyl groups is 2. The van der Waals surface area contributed by atoms with Gasteiger partial charge in [0.2, 0.25) is 5.91 Å². The van der Waals surface area contributed by atoms with Crippen LogP contribution in [0.2, 0.25) is 0 Å². The quantitative estimate of drug-likeness (QED) is 0.0906. The molecular weight excluding hydrogens is 778 g/mol. The molecule has 4 N–H and O–H groups in total. The largest absolute Gasteiger partial charge is 0.481 e. The fourth-order valence-corrected chi connectivity index (χ4v) is 11.3. The summed E-state index contributed by atoms with van der Waals surface area (Å²) in [5, 5.41) is 36.0. The maximum absolute atomic E-state index is 14.6. The molecule has 338 valence electrons. The van der Waals surface area contributed by atoms with Gasteiger partial charge < -0.3 is 44.3 Å². The molecule has 5 aliphatic rings. The summed E-state index contributed by atoms with van der Waals surface area (Å²) in [6.45, 7) is 19.7. The van der Waals surface area contributed by atoms with Gasteiger partial charge in [-0.15, -0.1) is 11.6 Å². The zero-order valence-corrected chi connectivity index (χ0v) is 38.2. The normalized spacial score (nSPS) is 42.6. The Morgan fingerprint density at radius 1 is 0.915 bits per heavy atom. The molecule has 4 fully saturated rings. The number of alkyl halides is 1. The van der Waals surface area contributed by atoms with Crippen LogP contribution in [0.5, 0.6) is 0 Å². The van der Waals surface area contributed by atoms with Gasteiger partial charge in [0.15, 0.2) is 11.6 Å². The number of aliphatic hydroxyl groups excluding tert-OH is 1. The highest BCUT2D eigenvalue weighted by molar-refractivity contribution is 6.17. The van der Waals surface area contributed by atoms with Gasteiger partial charge in [0, 0.05) is 42.4 Å². The molecule has 5 aliphatic heterocycles. The van der Waals surface area contributed by atoms with Crippen LogP contribution in [0, 0.1) is 41.4 Å². The van der Waals surface area contributed by atoms with Crippen LogP contribution in [0.1, 0.15) is 146 Å². The highest BCUT2D eigenvalue weighted by Gasteiger charge is 2.63. The predicted molar refractivity (Wildman–Crippen MR) is 225 cm³/mol. The number of ether oxygens (including phenoxy) is 5. The van der Waals surface area contributed by atoms with Crippen LogP contribution >= 0.6 is 11.6 Å². The monoisotopic (exact) mass is 854 g/mol. The third kappa shape index (κ3) is 9.80. The van der Waals surface area contributed by atoms with E-state index in [1.54, 1.807) is 6.92 Å². The number of carbonyl (C=O) groups is 3. The summed E-state index contributed by atoms with van der Waals surface area (Å²) < 4.78 is 34.4. The van der Waals surface area contributed by atoms with E-state index in [1.165, 1.54) is 0 Å². The molecule has 0 bridgehead atoms. The van der Waals surface area contributed by atoms with Crippen molar-refractivity contribution in [3.8, 4) is 0 Å². The Balaban J connectivity index is 1.38. The summed E-state index contributed by atoms with van der Waals surface area (Å²) in [5.74, 6) is -5.71. The van der Waals surface area contributed by atoms with E-state index in [1.807, 2.05) is 53.7 Å². The molecule has 18 atom stereocenters. The average molecular weight is 855 g/mol. The van der Waals surface area contributed by atoms with Crippen molar-refractivity contribution < 1.29 is 53.4 Å². The second-order valence-electron chi connectivity index (χ2n) is 19.3. The van der Waals surface area contributed by atoms with Crippen LogP contribution in [0.3, 0.4) is 0 Å². The predicted octanol–water partition coefficient (Wildman–Crippen LogP) is 7.33. The van der Waals surface area contributed by atoms with Crippen molar-refractivity contribution >= 4 is 29.3 Å². The van der Waals surface area contributed by atoms with Gasteiger partial charge in [-0.2, -0.15) is 0 Å². The summed E-state index contributed by atoms with van der Waals surface area (Å²) in [6, 6.07) is -0.632. The van der Waals surface area contributed by atoms with Gasteiger partial charge in [-0.05, 0) is 96.0 Å². The Labute approximate surface area is 358 Å². The smallest absolute Gasteiger partial charge is 0.309 e. The fourth-order valence-electron chi connectivity index (χ4n) is 11.1. The van der Waals surface area contributed by atoms with Crippen LogP contribution in [0.4, 0.5) is 0 Å². The molecule has 59 heavy (non-hydrogen) atoms. The van der Waals surface area contributed by atoms with E-state index in [0.717, 1.165) is 6.42 Å². The first-order valence-corrected chi connectivity index (χ1v) is 23.4. The second kappa shape index (κ2) is 19.4. The Morgan fingerprint density at radius 3 is 2.22 bits per heavy atom.